The van der Waals surface area contributed by atoms with Gasteiger partial charge in [0.2, 0.25) is 5.91 Å². The van der Waals surface area contributed by atoms with Crippen LogP contribution in [0.1, 0.15) is 123 Å². The van der Waals surface area contributed by atoms with Crippen molar-refractivity contribution in [2.24, 2.45) is 0 Å². The fourth-order valence-electron chi connectivity index (χ4n) is 5.20. The number of carbonyl (C=O) groups excluding carboxylic acids is 1. The van der Waals surface area contributed by atoms with Crippen molar-refractivity contribution in [3.05, 3.63) is 0 Å². The van der Waals surface area contributed by atoms with Crippen molar-refractivity contribution in [2.45, 2.75) is 141 Å². The topological polar surface area (TPSA) is 88.5 Å². The van der Waals surface area contributed by atoms with Crippen molar-refractivity contribution in [2.75, 3.05) is 6.54 Å². The van der Waals surface area contributed by atoms with Crippen molar-refractivity contribution < 1.29 is 9.90 Å². The summed E-state index contributed by atoms with van der Waals surface area (Å²) < 4.78 is 0. The van der Waals surface area contributed by atoms with Crippen LogP contribution in [0, 0.1) is 5.41 Å². The summed E-state index contributed by atoms with van der Waals surface area (Å²) in [5, 5.41) is 26.0. The molecule has 1 aliphatic carbocycles. The van der Waals surface area contributed by atoms with Gasteiger partial charge < -0.3 is 20.6 Å². The van der Waals surface area contributed by atoms with Gasteiger partial charge in [0.05, 0.1) is 0 Å². The average Bonchev–Trinajstić information content (AvgIpc) is 3.01. The second-order valence-electron chi connectivity index (χ2n) is 9.91. The van der Waals surface area contributed by atoms with Crippen LogP contribution >= 0.6 is 0 Å². The molecule has 0 aromatic carbocycles. The highest BCUT2D eigenvalue weighted by Crippen LogP contribution is 2.31. The zero-order chi connectivity index (χ0) is 22.5. The van der Waals surface area contributed by atoms with Gasteiger partial charge in [-0.3, -0.25) is 10.2 Å². The molecule has 0 bridgehead atoms. The Morgan fingerprint density at radius 1 is 1.06 bits per heavy atom. The average molecular weight is 437 g/mol. The van der Waals surface area contributed by atoms with Crippen molar-refractivity contribution in [3.63, 3.8) is 0 Å². The van der Waals surface area contributed by atoms with Crippen LogP contribution < -0.4 is 10.6 Å². The van der Waals surface area contributed by atoms with E-state index in [-0.39, 0.29) is 11.4 Å². The molecule has 6 heteroatoms. The third-order valence-electron chi connectivity index (χ3n) is 7.14. The van der Waals surface area contributed by atoms with Gasteiger partial charge in [0.15, 0.2) is 5.96 Å². The van der Waals surface area contributed by atoms with E-state index >= 15 is 0 Å². The van der Waals surface area contributed by atoms with Crippen molar-refractivity contribution >= 4 is 11.9 Å². The molecule has 2 fully saturated rings. The van der Waals surface area contributed by atoms with E-state index in [0.29, 0.717) is 31.4 Å². The lowest BCUT2D eigenvalue weighted by molar-refractivity contribution is -0.122. The van der Waals surface area contributed by atoms with Crippen LogP contribution in [-0.2, 0) is 4.79 Å². The standard InChI is InChI=1S/C25H48N4O2/c1-3-5-17-25(18-6-4-2)20-23(31)29(24(26)28-25)19-13-9-12-16-22(30)27-21-14-10-7-8-11-15-21/h21,23,31H,3-20H2,1-2H3,(H2,26,28)(H,27,30). The molecule has 1 atom stereocenters. The molecule has 0 spiro atoms. The molecule has 1 unspecified atom stereocenters. The Kier molecular flexibility index (Phi) is 11.7. The number of nitrogens with one attached hydrogen (secondary N) is 3. The Bertz CT molecular complexity index is 524. The Morgan fingerprint density at radius 3 is 2.29 bits per heavy atom. The summed E-state index contributed by atoms with van der Waals surface area (Å²) in [4.78, 5) is 14.0. The number of hydrogen-bond acceptors (Lipinski definition) is 3. The highest BCUT2D eigenvalue weighted by atomic mass is 16.3. The maximum absolute atomic E-state index is 12.2. The number of hydrogen-bond donors (Lipinski definition) is 4. The van der Waals surface area contributed by atoms with Gasteiger partial charge in [0, 0.05) is 31.0 Å². The fraction of sp³-hybridized carbons (Fsp3) is 0.920. The summed E-state index contributed by atoms with van der Waals surface area (Å²) in [6, 6.07) is 0.380. The highest BCUT2D eigenvalue weighted by molar-refractivity contribution is 5.78. The summed E-state index contributed by atoms with van der Waals surface area (Å²) in [5.41, 5.74) is -0.130. The van der Waals surface area contributed by atoms with E-state index in [0.717, 1.165) is 70.6 Å². The minimum atomic E-state index is -0.582. The van der Waals surface area contributed by atoms with E-state index in [1.165, 1.54) is 25.7 Å². The molecule has 180 valence electrons. The maximum atomic E-state index is 12.2. The molecule has 1 saturated heterocycles. The summed E-state index contributed by atoms with van der Waals surface area (Å²) in [6.45, 7) is 5.07. The van der Waals surface area contributed by atoms with E-state index in [2.05, 4.69) is 24.5 Å². The Morgan fingerprint density at radius 2 is 1.71 bits per heavy atom. The van der Waals surface area contributed by atoms with Gasteiger partial charge in [-0.1, -0.05) is 71.6 Å². The highest BCUT2D eigenvalue weighted by Gasteiger charge is 2.40. The predicted octanol–water partition coefficient (Wildman–Crippen LogP) is 5.05. The molecule has 1 aliphatic heterocycles. The minimum Gasteiger partial charge on any atom is -0.373 e. The fourth-order valence-corrected chi connectivity index (χ4v) is 5.20. The predicted molar refractivity (Wildman–Crippen MR) is 128 cm³/mol. The molecule has 6 nitrogen and oxygen atoms in total. The monoisotopic (exact) mass is 436 g/mol. The second-order valence-corrected chi connectivity index (χ2v) is 9.91. The molecule has 1 heterocycles. The summed E-state index contributed by atoms with van der Waals surface area (Å²) in [7, 11) is 0. The van der Waals surface area contributed by atoms with E-state index in [1.54, 1.807) is 0 Å². The number of amides is 1. The number of aliphatic hydroxyl groups excluding tert-OH is 1. The van der Waals surface area contributed by atoms with Crippen molar-refractivity contribution in [1.82, 2.24) is 15.5 Å². The molecule has 31 heavy (non-hydrogen) atoms. The molecule has 2 rings (SSSR count). The first-order valence-corrected chi connectivity index (χ1v) is 13.1. The number of guanidine groups is 1. The van der Waals surface area contributed by atoms with Gasteiger partial charge in [-0.2, -0.15) is 0 Å². The molecule has 0 aromatic heterocycles. The van der Waals surface area contributed by atoms with Crippen LogP contribution in [0.4, 0.5) is 0 Å². The molecular formula is C25H48N4O2. The lowest BCUT2D eigenvalue weighted by Crippen LogP contribution is -2.64. The number of carbonyl (C=O) groups is 1. The SMILES string of the molecule is CCCCC1(CCCC)CC(O)N(CCCCCC(=O)NC2CCCCCC2)C(=N)N1. The van der Waals surface area contributed by atoms with Gasteiger partial charge in [-0.25, -0.2) is 0 Å². The Hall–Kier alpha value is -1.30. The first-order chi connectivity index (χ1) is 15.0. The van der Waals surface area contributed by atoms with Crippen LogP contribution in [0.5, 0.6) is 0 Å². The summed E-state index contributed by atoms with van der Waals surface area (Å²) in [6.07, 6.45) is 17.3. The normalized spacial score (nSPS) is 22.1. The third kappa shape index (κ3) is 8.99. The van der Waals surface area contributed by atoms with Crippen LogP contribution in [0.25, 0.3) is 0 Å². The third-order valence-corrected chi connectivity index (χ3v) is 7.14. The van der Waals surface area contributed by atoms with E-state index in [9.17, 15) is 9.90 Å². The molecule has 0 aromatic rings. The van der Waals surface area contributed by atoms with Gasteiger partial charge >= 0.3 is 0 Å². The maximum Gasteiger partial charge on any atom is 0.220 e. The zero-order valence-corrected chi connectivity index (χ0v) is 20.2. The first kappa shape index (κ1) is 26.0. The quantitative estimate of drug-likeness (QED) is 0.240. The number of nitrogens with zero attached hydrogens (tertiary/aromatic N) is 1. The molecule has 2 aliphatic rings. The molecule has 1 amide bonds. The van der Waals surface area contributed by atoms with Crippen LogP contribution in [0.15, 0.2) is 0 Å². The van der Waals surface area contributed by atoms with E-state index in [1.807, 2.05) is 4.90 Å². The number of rotatable bonds is 13. The molecule has 1 saturated carbocycles. The number of aliphatic hydroxyl groups is 1. The largest absolute Gasteiger partial charge is 0.373 e. The summed E-state index contributed by atoms with van der Waals surface area (Å²) >= 11 is 0. The van der Waals surface area contributed by atoms with Gasteiger partial charge in [-0.15, -0.1) is 0 Å². The smallest absolute Gasteiger partial charge is 0.220 e. The van der Waals surface area contributed by atoms with Crippen LogP contribution in [-0.4, -0.2) is 46.2 Å². The first-order valence-electron chi connectivity index (χ1n) is 13.1. The zero-order valence-electron chi connectivity index (χ0n) is 20.2. The van der Waals surface area contributed by atoms with Gasteiger partial charge in [0.1, 0.15) is 6.23 Å². The molecule has 0 radical (unpaired) electrons. The Labute approximate surface area is 190 Å². The van der Waals surface area contributed by atoms with Crippen molar-refractivity contribution in [3.8, 4) is 0 Å². The summed E-state index contributed by atoms with van der Waals surface area (Å²) in [5.74, 6) is 0.563. The van der Waals surface area contributed by atoms with Crippen LogP contribution in [0.2, 0.25) is 0 Å². The molecule has 4 N–H and O–H groups in total. The van der Waals surface area contributed by atoms with E-state index in [4.69, 9.17) is 5.41 Å². The molecular weight excluding hydrogens is 388 g/mol. The minimum absolute atomic E-state index is 0.130. The lowest BCUT2D eigenvalue weighted by Gasteiger charge is -2.47. The van der Waals surface area contributed by atoms with Gasteiger partial charge in [-0.05, 0) is 38.5 Å². The van der Waals surface area contributed by atoms with E-state index < -0.39 is 6.23 Å². The second kappa shape index (κ2) is 14.0. The lowest BCUT2D eigenvalue weighted by atomic mass is 9.82. The number of unbranched alkanes of at least 4 members (excludes halogenated alkanes) is 4. The van der Waals surface area contributed by atoms with Crippen LogP contribution in [0.3, 0.4) is 0 Å². The van der Waals surface area contributed by atoms with Crippen molar-refractivity contribution in [1.29, 1.82) is 5.41 Å². The van der Waals surface area contributed by atoms with Gasteiger partial charge in [0.25, 0.3) is 0 Å². The Balaban J connectivity index is 1.68.